The van der Waals surface area contributed by atoms with E-state index >= 15 is 0 Å². The molecule has 11 heavy (non-hydrogen) atoms. The van der Waals surface area contributed by atoms with E-state index in [1.54, 1.807) is 11.3 Å². The fourth-order valence-electron chi connectivity index (χ4n) is 0.507. The predicted octanol–water partition coefficient (Wildman–Crippen LogP) is 3.41. The van der Waals surface area contributed by atoms with Crippen LogP contribution in [0.25, 0.3) is 0 Å². The van der Waals surface area contributed by atoms with Gasteiger partial charge in [0.1, 0.15) is 0 Å². The first-order valence-electron chi connectivity index (χ1n) is 3.69. The molecule has 3 heteroatoms. The highest BCUT2D eigenvalue weighted by atomic mass is 32.1. The zero-order valence-corrected chi connectivity index (χ0v) is 9.40. The lowest BCUT2D eigenvalue weighted by atomic mass is 10.2. The van der Waals surface area contributed by atoms with Crippen molar-refractivity contribution in [2.75, 3.05) is 0 Å². The molecule has 0 bridgehead atoms. The van der Waals surface area contributed by atoms with Crippen LogP contribution < -0.4 is 0 Å². The minimum Gasteiger partial charge on any atom is -0.249 e. The number of thiazole rings is 1. The van der Waals surface area contributed by atoms with Crippen LogP contribution in [0.5, 0.6) is 0 Å². The van der Waals surface area contributed by atoms with Gasteiger partial charge in [-0.25, -0.2) is 4.98 Å². The molecule has 0 saturated heterocycles. The average molecular weight is 191 g/mol. The molecule has 0 aliphatic heterocycles. The van der Waals surface area contributed by atoms with Gasteiger partial charge in [0.05, 0.1) is 11.2 Å². The molecule has 0 radical (unpaired) electrons. The van der Waals surface area contributed by atoms with Gasteiger partial charge in [0.2, 0.25) is 0 Å². The fraction of sp³-hybridized carbons (Fsp3) is 0.625. The second-order valence-corrected chi connectivity index (χ2v) is 2.79. The standard InChI is InChI=1S/C6H9NS.C2H6.H2S/c1-5(2)6-3-8-4-7-6;1-2;/h3-5H,1-2H3;1-2H3;1H2. The van der Waals surface area contributed by atoms with Crippen molar-refractivity contribution in [3.63, 3.8) is 0 Å². The molecule has 66 valence electrons. The van der Waals surface area contributed by atoms with Crippen molar-refractivity contribution in [3.8, 4) is 0 Å². The Kier molecular flexibility index (Phi) is 9.96. The normalized spacial score (nSPS) is 8.09. The summed E-state index contributed by atoms with van der Waals surface area (Å²) in [7, 11) is 0. The Morgan fingerprint density at radius 1 is 1.36 bits per heavy atom. The first-order valence-corrected chi connectivity index (χ1v) is 4.63. The van der Waals surface area contributed by atoms with Crippen LogP contribution in [0.4, 0.5) is 0 Å². The highest BCUT2D eigenvalue weighted by molar-refractivity contribution is 7.59. The highest BCUT2D eigenvalue weighted by Crippen LogP contribution is 2.12. The van der Waals surface area contributed by atoms with Crippen LogP contribution in [0.3, 0.4) is 0 Å². The maximum absolute atomic E-state index is 4.13. The molecule has 0 saturated carbocycles. The summed E-state index contributed by atoms with van der Waals surface area (Å²) in [4.78, 5) is 4.13. The Balaban J connectivity index is 0. The van der Waals surface area contributed by atoms with Crippen molar-refractivity contribution in [2.45, 2.75) is 33.6 Å². The monoisotopic (exact) mass is 191 g/mol. The lowest BCUT2D eigenvalue weighted by Gasteiger charge is -1.94. The summed E-state index contributed by atoms with van der Waals surface area (Å²) in [6.45, 7) is 8.30. The van der Waals surface area contributed by atoms with Gasteiger partial charge >= 0.3 is 0 Å². The second-order valence-electron chi connectivity index (χ2n) is 2.07. The molecule has 0 unspecified atom stereocenters. The van der Waals surface area contributed by atoms with E-state index in [9.17, 15) is 0 Å². The molecule has 0 amide bonds. The quantitative estimate of drug-likeness (QED) is 0.663. The lowest BCUT2D eigenvalue weighted by Crippen LogP contribution is -1.83. The minimum absolute atomic E-state index is 0. The van der Waals surface area contributed by atoms with E-state index in [4.69, 9.17) is 0 Å². The van der Waals surface area contributed by atoms with Gasteiger partial charge in [0.25, 0.3) is 0 Å². The van der Waals surface area contributed by atoms with Gasteiger partial charge in [-0.3, -0.25) is 0 Å². The van der Waals surface area contributed by atoms with E-state index in [1.807, 2.05) is 19.4 Å². The van der Waals surface area contributed by atoms with Gasteiger partial charge in [-0.05, 0) is 5.92 Å². The van der Waals surface area contributed by atoms with Crippen LogP contribution in [0.2, 0.25) is 0 Å². The largest absolute Gasteiger partial charge is 0.249 e. The third-order valence-electron chi connectivity index (χ3n) is 1.04. The Hall–Kier alpha value is -0.0200. The molecule has 0 atom stereocenters. The highest BCUT2D eigenvalue weighted by Gasteiger charge is 1.97. The number of aromatic nitrogens is 1. The summed E-state index contributed by atoms with van der Waals surface area (Å²) >= 11 is 1.66. The van der Waals surface area contributed by atoms with Crippen molar-refractivity contribution in [2.24, 2.45) is 0 Å². The lowest BCUT2D eigenvalue weighted by molar-refractivity contribution is 0.833. The van der Waals surface area contributed by atoms with Gasteiger partial charge in [-0.2, -0.15) is 13.5 Å². The number of hydrogen-bond acceptors (Lipinski definition) is 2. The van der Waals surface area contributed by atoms with Crippen molar-refractivity contribution in [3.05, 3.63) is 16.6 Å². The topological polar surface area (TPSA) is 12.9 Å². The molecule has 0 fully saturated rings. The van der Waals surface area contributed by atoms with E-state index < -0.39 is 0 Å². The van der Waals surface area contributed by atoms with Gasteiger partial charge in [-0.1, -0.05) is 27.7 Å². The number of hydrogen-bond donors (Lipinski definition) is 0. The van der Waals surface area contributed by atoms with Crippen LogP contribution in [-0.2, 0) is 0 Å². The van der Waals surface area contributed by atoms with Gasteiger partial charge in [0, 0.05) is 5.38 Å². The Bertz CT molecular complexity index is 147. The SMILES string of the molecule is CC.CC(C)c1cscn1.S. The van der Waals surface area contributed by atoms with Crippen LogP contribution in [-0.4, -0.2) is 4.98 Å². The zero-order chi connectivity index (χ0) is 7.98. The van der Waals surface area contributed by atoms with E-state index in [-0.39, 0.29) is 13.5 Å². The molecule has 1 heterocycles. The Labute approximate surface area is 80.3 Å². The molecule has 1 aromatic heterocycles. The predicted molar refractivity (Wildman–Crippen MR) is 57.9 cm³/mol. The van der Waals surface area contributed by atoms with E-state index in [0.717, 1.165) is 0 Å². The Morgan fingerprint density at radius 2 is 1.91 bits per heavy atom. The molecule has 1 aromatic rings. The van der Waals surface area contributed by atoms with Crippen LogP contribution >= 0.6 is 24.8 Å². The summed E-state index contributed by atoms with van der Waals surface area (Å²) < 4.78 is 0. The summed E-state index contributed by atoms with van der Waals surface area (Å²) in [5, 5.41) is 2.09. The first-order chi connectivity index (χ1) is 4.80. The molecule has 0 aliphatic carbocycles. The summed E-state index contributed by atoms with van der Waals surface area (Å²) in [6.07, 6.45) is 0. The van der Waals surface area contributed by atoms with Crippen LogP contribution in [0.15, 0.2) is 10.9 Å². The van der Waals surface area contributed by atoms with Gasteiger partial charge in [0.15, 0.2) is 0 Å². The molecular weight excluding hydrogens is 174 g/mol. The van der Waals surface area contributed by atoms with Crippen LogP contribution in [0, 0.1) is 0 Å². The van der Waals surface area contributed by atoms with E-state index in [1.165, 1.54) is 5.69 Å². The molecule has 1 nitrogen and oxygen atoms in total. The maximum Gasteiger partial charge on any atom is 0.0794 e. The third kappa shape index (κ3) is 5.27. The maximum atomic E-state index is 4.13. The van der Waals surface area contributed by atoms with Crippen molar-refractivity contribution >= 4 is 24.8 Å². The summed E-state index contributed by atoms with van der Waals surface area (Å²) in [5.74, 6) is 0.584. The average Bonchev–Trinajstić information content (AvgIpc) is 2.42. The van der Waals surface area contributed by atoms with Crippen molar-refractivity contribution < 1.29 is 0 Å². The summed E-state index contributed by atoms with van der Waals surface area (Å²) in [5.41, 5.74) is 3.07. The fourth-order valence-corrected chi connectivity index (χ4v) is 1.22. The third-order valence-corrected chi connectivity index (χ3v) is 1.65. The van der Waals surface area contributed by atoms with Gasteiger partial charge in [-0.15, -0.1) is 11.3 Å². The molecule has 0 spiro atoms. The van der Waals surface area contributed by atoms with Crippen LogP contribution in [0.1, 0.15) is 39.3 Å². The molecule has 1 rings (SSSR count). The molecule has 0 aromatic carbocycles. The van der Waals surface area contributed by atoms with Crippen molar-refractivity contribution in [1.82, 2.24) is 4.98 Å². The zero-order valence-electron chi connectivity index (χ0n) is 7.59. The van der Waals surface area contributed by atoms with Gasteiger partial charge < -0.3 is 0 Å². The van der Waals surface area contributed by atoms with E-state index in [2.05, 4.69) is 24.2 Å². The second kappa shape index (κ2) is 8.08. The first kappa shape index (κ1) is 13.6. The minimum atomic E-state index is 0. The number of nitrogens with zero attached hydrogens (tertiary/aromatic N) is 1. The van der Waals surface area contributed by atoms with E-state index in [0.29, 0.717) is 5.92 Å². The molecule has 0 aliphatic rings. The number of rotatable bonds is 1. The Morgan fingerprint density at radius 3 is 2.09 bits per heavy atom. The molecule has 0 N–H and O–H groups in total. The molecular formula is C8H17NS2. The smallest absolute Gasteiger partial charge is 0.0794 e. The van der Waals surface area contributed by atoms with Crippen molar-refractivity contribution in [1.29, 1.82) is 0 Å². The summed E-state index contributed by atoms with van der Waals surface area (Å²) in [6, 6.07) is 0.